The molecule has 1 heterocycles. The van der Waals surface area contributed by atoms with Crippen LogP contribution in [0.25, 0.3) is 98.1 Å². The summed E-state index contributed by atoms with van der Waals surface area (Å²) < 4.78 is 6.26. The van der Waals surface area contributed by atoms with Gasteiger partial charge in [0.05, 0.1) is 0 Å². The highest BCUT2D eigenvalue weighted by molar-refractivity contribution is 6.29. The molecule has 0 atom stereocenters. The zero-order chi connectivity index (χ0) is 28.1. The summed E-state index contributed by atoms with van der Waals surface area (Å²) in [5.41, 5.74) is 6.82. The average Bonchev–Trinajstić information content (AvgIpc) is 3.46. The van der Waals surface area contributed by atoms with Crippen LogP contribution in [0, 0.1) is 0 Å². The van der Waals surface area contributed by atoms with E-state index in [1.165, 1.54) is 81.5 Å². The zero-order valence-corrected chi connectivity index (χ0v) is 23.3. The highest BCUT2D eigenvalue weighted by Crippen LogP contribution is 2.45. The quantitative estimate of drug-likeness (QED) is 0.197. The van der Waals surface area contributed by atoms with E-state index in [9.17, 15) is 0 Å². The largest absolute Gasteiger partial charge is 0.456 e. The minimum Gasteiger partial charge on any atom is -0.456 e. The maximum Gasteiger partial charge on any atom is 0.136 e. The molecule has 0 saturated heterocycles. The first-order valence-electron chi connectivity index (χ1n) is 14.8. The Kier molecular flexibility index (Phi) is 4.51. The van der Waals surface area contributed by atoms with Crippen LogP contribution in [0.5, 0.6) is 0 Å². The molecular weight excluding hydrogens is 520 g/mol. The molecule has 0 amide bonds. The number of rotatable bonds is 2. The summed E-state index contributed by atoms with van der Waals surface area (Å²) in [5.74, 6) is 0. The van der Waals surface area contributed by atoms with Crippen LogP contribution in [0.1, 0.15) is 0 Å². The number of benzene rings is 9. The summed E-state index contributed by atoms with van der Waals surface area (Å²) >= 11 is 0. The van der Waals surface area contributed by atoms with Crippen LogP contribution < -0.4 is 0 Å². The van der Waals surface area contributed by atoms with Crippen LogP contribution >= 0.6 is 0 Å². The lowest BCUT2D eigenvalue weighted by Crippen LogP contribution is -1.90. The van der Waals surface area contributed by atoms with Crippen LogP contribution in [0.3, 0.4) is 0 Å². The summed E-state index contributed by atoms with van der Waals surface area (Å²) in [6, 6.07) is 53.2. The molecule has 1 nitrogen and oxygen atoms in total. The predicted molar refractivity (Wildman–Crippen MR) is 183 cm³/mol. The molecule has 0 saturated carbocycles. The van der Waals surface area contributed by atoms with Gasteiger partial charge in [-0.15, -0.1) is 0 Å². The lowest BCUT2D eigenvalue weighted by Gasteiger charge is -2.17. The van der Waals surface area contributed by atoms with Crippen molar-refractivity contribution in [1.29, 1.82) is 0 Å². The Morgan fingerprint density at radius 2 is 0.907 bits per heavy atom. The van der Waals surface area contributed by atoms with E-state index in [0.717, 1.165) is 16.6 Å². The minimum absolute atomic E-state index is 0.927. The van der Waals surface area contributed by atoms with Gasteiger partial charge >= 0.3 is 0 Å². The van der Waals surface area contributed by atoms with E-state index < -0.39 is 0 Å². The van der Waals surface area contributed by atoms with E-state index in [1.807, 2.05) is 6.07 Å². The van der Waals surface area contributed by atoms with Gasteiger partial charge in [0.2, 0.25) is 0 Å². The lowest BCUT2D eigenvalue weighted by atomic mass is 9.86. The van der Waals surface area contributed by atoms with Crippen molar-refractivity contribution in [2.75, 3.05) is 0 Å². The molecule has 0 aliphatic rings. The maximum absolute atomic E-state index is 6.26. The number of hydrogen-bond donors (Lipinski definition) is 0. The minimum atomic E-state index is 0.927. The van der Waals surface area contributed by atoms with Crippen molar-refractivity contribution in [2.24, 2.45) is 0 Å². The van der Waals surface area contributed by atoms with Gasteiger partial charge in [0, 0.05) is 10.8 Å². The molecule has 198 valence electrons. The van der Waals surface area contributed by atoms with Gasteiger partial charge in [0.1, 0.15) is 11.2 Å². The molecule has 0 aliphatic carbocycles. The van der Waals surface area contributed by atoms with E-state index in [1.54, 1.807) is 0 Å². The van der Waals surface area contributed by atoms with Crippen molar-refractivity contribution >= 4 is 75.8 Å². The summed E-state index contributed by atoms with van der Waals surface area (Å²) in [7, 11) is 0. The molecule has 0 N–H and O–H groups in total. The molecule has 10 rings (SSSR count). The van der Waals surface area contributed by atoms with Crippen LogP contribution in [-0.2, 0) is 0 Å². The molecule has 0 aliphatic heterocycles. The Morgan fingerprint density at radius 3 is 1.77 bits per heavy atom. The van der Waals surface area contributed by atoms with Gasteiger partial charge in [0.15, 0.2) is 0 Å². The molecule has 9 aromatic carbocycles. The summed E-state index contributed by atoms with van der Waals surface area (Å²) in [6.07, 6.45) is 0. The van der Waals surface area contributed by atoms with E-state index in [0.29, 0.717) is 0 Å². The summed E-state index contributed by atoms with van der Waals surface area (Å²) in [5, 5.41) is 15.2. The normalized spacial score (nSPS) is 12.2. The van der Waals surface area contributed by atoms with Crippen molar-refractivity contribution in [3.63, 3.8) is 0 Å². The van der Waals surface area contributed by atoms with Gasteiger partial charge in [-0.05, 0) is 94.3 Å². The predicted octanol–water partition coefficient (Wildman–Crippen LogP) is 12.1. The first kappa shape index (κ1) is 23.0. The molecular formula is C42H24O. The van der Waals surface area contributed by atoms with Crippen LogP contribution in [0.4, 0.5) is 0 Å². The number of para-hydroxylation sites is 1. The second-order valence-corrected chi connectivity index (χ2v) is 11.6. The van der Waals surface area contributed by atoms with Gasteiger partial charge in [0.25, 0.3) is 0 Å². The van der Waals surface area contributed by atoms with Gasteiger partial charge in [-0.2, -0.15) is 0 Å². The first-order valence-corrected chi connectivity index (χ1v) is 14.8. The molecule has 43 heavy (non-hydrogen) atoms. The van der Waals surface area contributed by atoms with Crippen molar-refractivity contribution in [1.82, 2.24) is 0 Å². The SMILES string of the molecule is c1ccc2c(c1)ccc1cc(-c3ccc4ccc5c(-c6cccc7oc8ccccc8c67)ccc6ccc3c4c65)ccc12. The molecule has 1 heteroatoms. The van der Waals surface area contributed by atoms with Crippen LogP contribution in [0.15, 0.2) is 150 Å². The second-order valence-electron chi connectivity index (χ2n) is 11.6. The Balaban J connectivity index is 1.25. The third-order valence-electron chi connectivity index (χ3n) is 9.41. The second kappa shape index (κ2) is 8.44. The van der Waals surface area contributed by atoms with Gasteiger partial charge in [-0.1, -0.05) is 127 Å². The molecule has 0 spiro atoms. The summed E-state index contributed by atoms with van der Waals surface area (Å²) in [6.45, 7) is 0. The smallest absolute Gasteiger partial charge is 0.136 e. The monoisotopic (exact) mass is 544 g/mol. The fourth-order valence-electron chi connectivity index (χ4n) is 7.47. The molecule has 0 bridgehead atoms. The summed E-state index contributed by atoms with van der Waals surface area (Å²) in [4.78, 5) is 0. The van der Waals surface area contributed by atoms with Crippen LogP contribution in [-0.4, -0.2) is 0 Å². The van der Waals surface area contributed by atoms with E-state index in [-0.39, 0.29) is 0 Å². The van der Waals surface area contributed by atoms with Gasteiger partial charge in [-0.25, -0.2) is 0 Å². The Bertz CT molecular complexity index is 2730. The Labute approximate surface area is 247 Å². The molecule has 0 radical (unpaired) electrons. The van der Waals surface area contributed by atoms with E-state index >= 15 is 0 Å². The highest BCUT2D eigenvalue weighted by atomic mass is 16.3. The third-order valence-corrected chi connectivity index (χ3v) is 9.41. The number of furan rings is 1. The third kappa shape index (κ3) is 3.17. The standard InChI is InChI=1S/C42H24O/c1-2-7-30-25(6-1)12-13-28-24-29(18-20-31(28)30)32-19-14-26-17-23-36-33(21-15-27-16-22-35(32)40(26)41(27)36)34-9-5-11-39-42(34)37-8-3-4-10-38(37)43-39/h1-24H. The molecule has 0 fully saturated rings. The van der Waals surface area contributed by atoms with Gasteiger partial charge < -0.3 is 4.42 Å². The topological polar surface area (TPSA) is 13.1 Å². The number of fused-ring (bicyclic) bond motifs is 6. The molecule has 0 unspecified atom stereocenters. The van der Waals surface area contributed by atoms with Gasteiger partial charge in [-0.3, -0.25) is 0 Å². The fraction of sp³-hybridized carbons (Fsp3) is 0. The first-order chi connectivity index (χ1) is 21.3. The highest BCUT2D eigenvalue weighted by Gasteiger charge is 2.18. The van der Waals surface area contributed by atoms with Crippen molar-refractivity contribution in [3.05, 3.63) is 146 Å². The maximum atomic E-state index is 6.26. The van der Waals surface area contributed by atoms with E-state index in [2.05, 4.69) is 140 Å². The van der Waals surface area contributed by atoms with Crippen molar-refractivity contribution in [3.8, 4) is 22.3 Å². The average molecular weight is 545 g/mol. The van der Waals surface area contributed by atoms with Crippen molar-refractivity contribution < 1.29 is 4.42 Å². The Morgan fingerprint density at radius 1 is 0.302 bits per heavy atom. The Hall–Kier alpha value is -5.66. The lowest BCUT2D eigenvalue weighted by molar-refractivity contribution is 0.669. The van der Waals surface area contributed by atoms with E-state index in [4.69, 9.17) is 4.42 Å². The fourth-order valence-corrected chi connectivity index (χ4v) is 7.47. The molecule has 1 aromatic heterocycles. The zero-order valence-electron chi connectivity index (χ0n) is 23.3. The molecule has 10 aromatic rings. The van der Waals surface area contributed by atoms with Crippen molar-refractivity contribution in [2.45, 2.75) is 0 Å². The number of hydrogen-bond acceptors (Lipinski definition) is 1. The van der Waals surface area contributed by atoms with Crippen LogP contribution in [0.2, 0.25) is 0 Å².